The summed E-state index contributed by atoms with van der Waals surface area (Å²) in [6.07, 6.45) is 1.20. The largest absolute Gasteiger partial charge is 0.368 e. The van der Waals surface area contributed by atoms with Crippen LogP contribution in [0.3, 0.4) is 0 Å². The van der Waals surface area contributed by atoms with Crippen LogP contribution in [0.25, 0.3) is 22.3 Å². The lowest BCUT2D eigenvalue weighted by Crippen LogP contribution is -2.27. The first kappa shape index (κ1) is 22.1. The molecule has 172 valence electrons. The fourth-order valence-corrected chi connectivity index (χ4v) is 4.32. The van der Waals surface area contributed by atoms with E-state index in [9.17, 15) is 13.2 Å². The molecular formula is C27H25F3O3. The summed E-state index contributed by atoms with van der Waals surface area (Å²) in [6, 6.07) is 14.7. The van der Waals surface area contributed by atoms with Gasteiger partial charge in [-0.1, -0.05) is 61.9 Å². The number of halogens is 3. The molecule has 0 saturated carbocycles. The minimum atomic E-state index is -0.903. The molecule has 5 rings (SSSR count). The summed E-state index contributed by atoms with van der Waals surface area (Å²) in [7, 11) is 0. The van der Waals surface area contributed by atoms with Gasteiger partial charge in [0.15, 0.2) is 17.9 Å². The van der Waals surface area contributed by atoms with E-state index in [4.69, 9.17) is 14.2 Å². The Hall–Kier alpha value is -2.67. The van der Waals surface area contributed by atoms with Gasteiger partial charge in [-0.15, -0.1) is 0 Å². The second-order valence-electron chi connectivity index (χ2n) is 8.62. The van der Waals surface area contributed by atoms with Crippen LogP contribution in [0.5, 0.6) is 0 Å². The van der Waals surface area contributed by atoms with Gasteiger partial charge in [0.1, 0.15) is 11.9 Å². The Morgan fingerprint density at radius 3 is 2.00 bits per heavy atom. The van der Waals surface area contributed by atoms with Crippen LogP contribution in [-0.4, -0.2) is 19.8 Å². The van der Waals surface area contributed by atoms with Gasteiger partial charge in [-0.2, -0.15) is 0 Å². The summed E-state index contributed by atoms with van der Waals surface area (Å²) < 4.78 is 60.5. The van der Waals surface area contributed by atoms with E-state index in [1.165, 1.54) is 6.07 Å². The zero-order valence-electron chi connectivity index (χ0n) is 18.3. The van der Waals surface area contributed by atoms with Crippen LogP contribution in [0.4, 0.5) is 13.2 Å². The van der Waals surface area contributed by atoms with Crippen molar-refractivity contribution in [3.05, 3.63) is 83.2 Å². The average Bonchev–Trinajstić information content (AvgIpc) is 3.67. The monoisotopic (exact) mass is 454 g/mol. The summed E-state index contributed by atoms with van der Waals surface area (Å²) in [5, 5.41) is 0. The molecule has 0 bridgehead atoms. The third-order valence-corrected chi connectivity index (χ3v) is 6.23. The molecule has 0 spiro atoms. The fraction of sp³-hybridized carbons (Fsp3) is 0.333. The molecule has 33 heavy (non-hydrogen) atoms. The van der Waals surface area contributed by atoms with Crippen LogP contribution in [0.1, 0.15) is 43.3 Å². The molecule has 2 fully saturated rings. The Bertz CT molecular complexity index is 1130. The number of ether oxygens (including phenoxy) is 3. The maximum Gasteiger partial charge on any atom is 0.183 e. The van der Waals surface area contributed by atoms with Crippen LogP contribution in [0, 0.1) is 23.4 Å². The first-order chi connectivity index (χ1) is 16.0. The highest BCUT2D eigenvalue weighted by Gasteiger charge is 2.30. The highest BCUT2D eigenvalue weighted by atomic mass is 19.2. The molecule has 2 aliphatic heterocycles. The second kappa shape index (κ2) is 9.29. The molecule has 0 radical (unpaired) electrons. The van der Waals surface area contributed by atoms with E-state index in [2.05, 4.69) is 6.92 Å². The van der Waals surface area contributed by atoms with Gasteiger partial charge in [0.05, 0.1) is 19.8 Å². The Balaban J connectivity index is 1.33. The Morgan fingerprint density at radius 1 is 0.758 bits per heavy atom. The van der Waals surface area contributed by atoms with Crippen LogP contribution in [0.2, 0.25) is 0 Å². The number of rotatable bonds is 6. The first-order valence-electron chi connectivity index (χ1n) is 11.3. The molecule has 2 aliphatic rings. The maximum atomic E-state index is 14.9. The summed E-state index contributed by atoms with van der Waals surface area (Å²) in [5.41, 5.74) is 2.60. The van der Waals surface area contributed by atoms with Crippen molar-refractivity contribution in [2.45, 2.75) is 32.2 Å². The molecule has 0 aromatic heterocycles. The number of epoxide rings is 1. The van der Waals surface area contributed by atoms with Crippen molar-refractivity contribution in [2.24, 2.45) is 5.92 Å². The second-order valence-corrected chi connectivity index (χ2v) is 8.62. The van der Waals surface area contributed by atoms with E-state index in [-0.39, 0.29) is 17.2 Å². The minimum Gasteiger partial charge on any atom is -0.368 e. The van der Waals surface area contributed by atoms with Crippen LogP contribution in [0.15, 0.2) is 54.6 Å². The smallest absolute Gasteiger partial charge is 0.183 e. The van der Waals surface area contributed by atoms with Crippen molar-refractivity contribution in [1.29, 1.82) is 0 Å². The number of benzene rings is 3. The van der Waals surface area contributed by atoms with Gasteiger partial charge in [0, 0.05) is 28.2 Å². The zero-order chi connectivity index (χ0) is 22.9. The topological polar surface area (TPSA) is 31.0 Å². The van der Waals surface area contributed by atoms with Gasteiger partial charge in [-0.05, 0) is 23.6 Å². The van der Waals surface area contributed by atoms with Crippen LogP contribution >= 0.6 is 0 Å². The summed E-state index contributed by atoms with van der Waals surface area (Å²) in [4.78, 5) is 0. The van der Waals surface area contributed by atoms with Crippen molar-refractivity contribution >= 4 is 0 Å². The molecule has 3 nitrogen and oxygen atoms in total. The van der Waals surface area contributed by atoms with Crippen molar-refractivity contribution < 1.29 is 27.4 Å². The summed E-state index contributed by atoms with van der Waals surface area (Å²) in [5.74, 6) is -1.80. The molecule has 3 aromatic carbocycles. The third-order valence-electron chi connectivity index (χ3n) is 6.23. The molecule has 0 aliphatic carbocycles. The Morgan fingerprint density at radius 2 is 1.39 bits per heavy atom. The van der Waals surface area contributed by atoms with Gasteiger partial charge in [-0.25, -0.2) is 13.2 Å². The molecule has 3 aromatic rings. The van der Waals surface area contributed by atoms with E-state index in [0.717, 1.165) is 12.8 Å². The lowest BCUT2D eigenvalue weighted by Gasteiger charge is -2.29. The molecule has 6 heteroatoms. The minimum absolute atomic E-state index is 0.159. The molecule has 0 N–H and O–H groups in total. The standard InChI is InChI=1S/C27H25F3O3/c1-2-3-16-13-32-27(33-14-16)19-8-9-20(23(28)12-19)17-4-6-18(7-5-17)21-10-11-22(24-15-31-24)26(30)25(21)29/h4-12,16,24,27H,2-3,13-15H2,1H3. The highest BCUT2D eigenvalue weighted by molar-refractivity contribution is 5.71. The zero-order valence-corrected chi connectivity index (χ0v) is 18.3. The van der Waals surface area contributed by atoms with Crippen molar-refractivity contribution in [3.8, 4) is 22.3 Å². The van der Waals surface area contributed by atoms with E-state index in [1.807, 2.05) is 0 Å². The van der Waals surface area contributed by atoms with Gasteiger partial charge < -0.3 is 14.2 Å². The SMILES string of the molecule is CCCC1COC(c2ccc(-c3ccc(-c4ccc(C5CO5)c(F)c4F)cc3)c(F)c2)OC1. The van der Waals surface area contributed by atoms with E-state index in [0.29, 0.717) is 48.0 Å². The number of hydrogen-bond acceptors (Lipinski definition) is 3. The average molecular weight is 454 g/mol. The maximum absolute atomic E-state index is 14.9. The van der Waals surface area contributed by atoms with E-state index in [1.54, 1.807) is 48.5 Å². The molecule has 2 heterocycles. The first-order valence-corrected chi connectivity index (χ1v) is 11.3. The van der Waals surface area contributed by atoms with Gasteiger partial charge in [0.25, 0.3) is 0 Å². The molecule has 1 atom stereocenters. The van der Waals surface area contributed by atoms with E-state index < -0.39 is 23.7 Å². The third kappa shape index (κ3) is 4.56. The molecule has 1 unspecified atom stereocenters. The fourth-order valence-electron chi connectivity index (χ4n) is 4.32. The predicted octanol–water partition coefficient (Wildman–Crippen LogP) is 6.97. The summed E-state index contributed by atoms with van der Waals surface area (Å²) >= 11 is 0. The molecule has 0 amide bonds. The lowest BCUT2D eigenvalue weighted by molar-refractivity contribution is -0.206. The van der Waals surface area contributed by atoms with Crippen LogP contribution in [-0.2, 0) is 14.2 Å². The predicted molar refractivity (Wildman–Crippen MR) is 119 cm³/mol. The normalized spacial score (nSPS) is 22.4. The van der Waals surface area contributed by atoms with E-state index >= 15 is 0 Å². The van der Waals surface area contributed by atoms with Crippen molar-refractivity contribution in [2.75, 3.05) is 19.8 Å². The molecular weight excluding hydrogens is 429 g/mol. The van der Waals surface area contributed by atoms with Crippen LogP contribution < -0.4 is 0 Å². The van der Waals surface area contributed by atoms with Gasteiger partial charge >= 0.3 is 0 Å². The highest BCUT2D eigenvalue weighted by Crippen LogP contribution is 2.36. The number of hydrogen-bond donors (Lipinski definition) is 0. The lowest BCUT2D eigenvalue weighted by atomic mass is 9.97. The van der Waals surface area contributed by atoms with Gasteiger partial charge in [-0.3, -0.25) is 0 Å². The summed E-state index contributed by atoms with van der Waals surface area (Å²) in [6.45, 7) is 3.75. The Kier molecular flexibility index (Phi) is 6.23. The van der Waals surface area contributed by atoms with Crippen molar-refractivity contribution in [3.63, 3.8) is 0 Å². The Labute approximate surface area is 191 Å². The molecule has 2 saturated heterocycles. The van der Waals surface area contributed by atoms with Gasteiger partial charge in [0.2, 0.25) is 0 Å². The quantitative estimate of drug-likeness (QED) is 0.377. The van der Waals surface area contributed by atoms with Crippen molar-refractivity contribution in [1.82, 2.24) is 0 Å².